The van der Waals surface area contributed by atoms with Gasteiger partial charge in [-0.15, -0.1) is 10.2 Å². The summed E-state index contributed by atoms with van der Waals surface area (Å²) in [6.45, 7) is 4.43. The van der Waals surface area contributed by atoms with Gasteiger partial charge in [-0.2, -0.15) is 4.31 Å². The van der Waals surface area contributed by atoms with Crippen molar-refractivity contribution in [1.29, 1.82) is 0 Å². The number of aryl methyl sites for hydroxylation is 1. The zero-order valence-corrected chi connectivity index (χ0v) is 15.3. The molecule has 1 N–H and O–H groups in total. The maximum absolute atomic E-state index is 12.8. The van der Waals surface area contributed by atoms with E-state index in [0.29, 0.717) is 49.5 Å². The van der Waals surface area contributed by atoms with Gasteiger partial charge in [0.05, 0.1) is 31.2 Å². The molecule has 2 aromatic rings. The van der Waals surface area contributed by atoms with Gasteiger partial charge in [0.25, 0.3) is 5.89 Å². The van der Waals surface area contributed by atoms with Crippen molar-refractivity contribution in [3.05, 3.63) is 40.0 Å². The van der Waals surface area contributed by atoms with Crippen LogP contribution in [0.1, 0.15) is 11.8 Å². The molecule has 1 aromatic heterocycles. The Hall–Kier alpha value is -1.19. The Balaban J connectivity index is 1.68. The maximum Gasteiger partial charge on any atom is 0.271 e. The number of aromatic nitrogens is 2. The molecule has 1 aliphatic heterocycles. The third-order valence-corrected chi connectivity index (χ3v) is 6.52. The zero-order chi connectivity index (χ0) is 17.3. The lowest BCUT2D eigenvalue weighted by molar-refractivity contribution is -0.918. The summed E-state index contributed by atoms with van der Waals surface area (Å²) in [5.74, 6) is 1.10. The predicted molar refractivity (Wildman–Crippen MR) is 88.7 cm³/mol. The highest BCUT2D eigenvalue weighted by Gasteiger charge is 2.32. The number of benzene rings is 1. The summed E-state index contributed by atoms with van der Waals surface area (Å²) < 4.78 is 32.3. The molecule has 0 unspecified atom stereocenters. The molecule has 24 heavy (non-hydrogen) atoms. The van der Waals surface area contributed by atoms with E-state index in [1.54, 1.807) is 13.0 Å². The summed E-state index contributed by atoms with van der Waals surface area (Å²) in [6, 6.07) is 4.45. The first-order valence-electron chi connectivity index (χ1n) is 7.44. The third kappa shape index (κ3) is 3.73. The molecule has 1 aromatic carbocycles. The Morgan fingerprint density at radius 1 is 1.25 bits per heavy atom. The molecule has 0 atom stereocenters. The molecule has 1 fully saturated rings. The number of sulfonamides is 1. The van der Waals surface area contributed by atoms with E-state index < -0.39 is 10.0 Å². The Morgan fingerprint density at radius 3 is 2.58 bits per heavy atom. The molecule has 0 amide bonds. The Kier molecular flexibility index (Phi) is 5.12. The lowest BCUT2D eigenvalue weighted by Crippen LogP contribution is -3.13. The molecule has 1 saturated heterocycles. The van der Waals surface area contributed by atoms with Gasteiger partial charge < -0.3 is 9.32 Å². The van der Waals surface area contributed by atoms with Crippen molar-refractivity contribution in [1.82, 2.24) is 14.5 Å². The molecule has 0 saturated carbocycles. The summed E-state index contributed by atoms with van der Waals surface area (Å²) in [6.07, 6.45) is 0. The lowest BCUT2D eigenvalue weighted by atomic mass is 10.3. The van der Waals surface area contributed by atoms with Crippen LogP contribution < -0.4 is 4.90 Å². The SMILES string of the molecule is Cc1nnc(C[NH+]2CCN(S(=O)(=O)c3cc(Cl)ccc3Cl)CC2)o1. The van der Waals surface area contributed by atoms with Crippen molar-refractivity contribution in [2.75, 3.05) is 26.2 Å². The van der Waals surface area contributed by atoms with Crippen LogP contribution in [0.3, 0.4) is 0 Å². The number of nitrogens with zero attached hydrogens (tertiary/aromatic N) is 3. The average molecular weight is 392 g/mol. The van der Waals surface area contributed by atoms with E-state index in [0.717, 1.165) is 0 Å². The van der Waals surface area contributed by atoms with Gasteiger partial charge in [0.2, 0.25) is 15.9 Å². The summed E-state index contributed by atoms with van der Waals surface area (Å²) in [7, 11) is -3.66. The average Bonchev–Trinajstić information content (AvgIpc) is 2.95. The highest BCUT2D eigenvalue weighted by atomic mass is 35.5. The number of nitrogens with one attached hydrogen (secondary N) is 1. The summed E-state index contributed by atoms with van der Waals surface area (Å²) in [4.78, 5) is 1.25. The van der Waals surface area contributed by atoms with E-state index >= 15 is 0 Å². The van der Waals surface area contributed by atoms with Gasteiger partial charge in [-0.25, -0.2) is 8.42 Å². The van der Waals surface area contributed by atoms with Gasteiger partial charge in [0.1, 0.15) is 4.90 Å². The van der Waals surface area contributed by atoms with Gasteiger partial charge in [0.15, 0.2) is 6.54 Å². The minimum absolute atomic E-state index is 0.0487. The van der Waals surface area contributed by atoms with Crippen molar-refractivity contribution in [2.24, 2.45) is 0 Å². The van der Waals surface area contributed by atoms with E-state index in [-0.39, 0.29) is 9.92 Å². The van der Waals surface area contributed by atoms with Gasteiger partial charge in [-0.1, -0.05) is 23.2 Å². The van der Waals surface area contributed by atoms with E-state index in [9.17, 15) is 8.42 Å². The minimum atomic E-state index is -3.66. The highest BCUT2D eigenvalue weighted by Crippen LogP contribution is 2.27. The summed E-state index contributed by atoms with van der Waals surface area (Å²) in [5.41, 5.74) is 0. The Labute approximate surface area is 150 Å². The van der Waals surface area contributed by atoms with Crippen molar-refractivity contribution < 1.29 is 17.7 Å². The van der Waals surface area contributed by atoms with E-state index in [1.807, 2.05) is 0 Å². The molecule has 0 bridgehead atoms. The molecule has 7 nitrogen and oxygen atoms in total. The van der Waals surface area contributed by atoms with Crippen LogP contribution in [0.2, 0.25) is 10.0 Å². The Morgan fingerprint density at radius 2 is 1.96 bits per heavy atom. The molecule has 0 aliphatic carbocycles. The van der Waals surface area contributed by atoms with Crippen LogP contribution in [0.25, 0.3) is 0 Å². The van der Waals surface area contributed by atoms with Crippen LogP contribution in [0.5, 0.6) is 0 Å². The monoisotopic (exact) mass is 391 g/mol. The van der Waals surface area contributed by atoms with Gasteiger partial charge in [-0.05, 0) is 18.2 Å². The summed E-state index contributed by atoms with van der Waals surface area (Å²) >= 11 is 11.9. The van der Waals surface area contributed by atoms with Crippen molar-refractivity contribution in [3.8, 4) is 0 Å². The molecular weight excluding hydrogens is 375 g/mol. The topological polar surface area (TPSA) is 80.7 Å². The van der Waals surface area contributed by atoms with E-state index in [1.165, 1.54) is 21.3 Å². The molecule has 130 valence electrons. The van der Waals surface area contributed by atoms with Gasteiger partial charge >= 0.3 is 0 Å². The standard InChI is InChI=1S/C14H16Cl2N4O3S/c1-10-17-18-14(23-10)9-19-4-6-20(7-5-19)24(21,22)13-8-11(15)2-3-12(13)16/h2-3,8H,4-7,9H2,1H3/p+1. The van der Waals surface area contributed by atoms with E-state index in [2.05, 4.69) is 10.2 Å². The molecule has 3 rings (SSSR count). The second kappa shape index (κ2) is 6.97. The van der Waals surface area contributed by atoms with Crippen LogP contribution in [-0.2, 0) is 16.6 Å². The zero-order valence-electron chi connectivity index (χ0n) is 13.0. The predicted octanol–water partition coefficient (Wildman–Crippen LogP) is 0.774. The fourth-order valence-electron chi connectivity index (χ4n) is 2.66. The number of piperazine rings is 1. The third-order valence-electron chi connectivity index (χ3n) is 3.91. The second-order valence-corrected chi connectivity index (χ2v) is 8.37. The molecule has 2 heterocycles. The van der Waals surface area contributed by atoms with Crippen LogP contribution in [0.4, 0.5) is 0 Å². The maximum atomic E-state index is 12.8. The van der Waals surface area contributed by atoms with Crippen LogP contribution in [-0.4, -0.2) is 49.1 Å². The minimum Gasteiger partial charge on any atom is -0.420 e. The van der Waals surface area contributed by atoms with Crippen molar-refractivity contribution >= 4 is 33.2 Å². The number of halogens is 2. The first-order chi connectivity index (χ1) is 11.4. The fraction of sp³-hybridized carbons (Fsp3) is 0.429. The smallest absolute Gasteiger partial charge is 0.271 e. The number of hydrogen-bond donors (Lipinski definition) is 1. The first-order valence-corrected chi connectivity index (χ1v) is 9.63. The largest absolute Gasteiger partial charge is 0.420 e. The second-order valence-electron chi connectivity index (χ2n) is 5.62. The molecule has 10 heteroatoms. The van der Waals surface area contributed by atoms with Crippen LogP contribution >= 0.6 is 23.2 Å². The van der Waals surface area contributed by atoms with Gasteiger partial charge in [0, 0.05) is 11.9 Å². The van der Waals surface area contributed by atoms with E-state index in [4.69, 9.17) is 27.6 Å². The molecule has 0 radical (unpaired) electrons. The molecule has 0 spiro atoms. The van der Waals surface area contributed by atoms with Crippen molar-refractivity contribution in [3.63, 3.8) is 0 Å². The number of hydrogen-bond acceptors (Lipinski definition) is 5. The Bertz CT molecular complexity index is 832. The quantitative estimate of drug-likeness (QED) is 0.832. The highest BCUT2D eigenvalue weighted by molar-refractivity contribution is 7.89. The number of quaternary nitrogens is 1. The normalized spacial score (nSPS) is 17.3. The molecule has 1 aliphatic rings. The van der Waals surface area contributed by atoms with Crippen molar-refractivity contribution in [2.45, 2.75) is 18.4 Å². The fourth-order valence-corrected chi connectivity index (χ4v) is 4.84. The summed E-state index contributed by atoms with van der Waals surface area (Å²) in [5, 5.41) is 8.29. The van der Waals surface area contributed by atoms with Gasteiger partial charge in [-0.3, -0.25) is 0 Å². The molecular formula is C14H17Cl2N4O3S+. The van der Waals surface area contributed by atoms with Crippen LogP contribution in [0.15, 0.2) is 27.5 Å². The first kappa shape index (κ1) is 17.6. The number of rotatable bonds is 4. The van der Waals surface area contributed by atoms with Crippen LogP contribution in [0, 0.1) is 6.92 Å². The lowest BCUT2D eigenvalue weighted by Gasteiger charge is -2.31.